The van der Waals surface area contributed by atoms with Gasteiger partial charge >= 0.3 is 5.69 Å². The Balaban J connectivity index is 1.31. The molecule has 2 aromatic carbocycles. The molecule has 0 saturated heterocycles. The van der Waals surface area contributed by atoms with Gasteiger partial charge < -0.3 is 10.1 Å². The maximum atomic E-state index is 14.6. The molecule has 182 valence electrons. The third-order valence-electron chi connectivity index (χ3n) is 5.67. The molecule has 0 radical (unpaired) electrons. The fourth-order valence-electron chi connectivity index (χ4n) is 3.82. The monoisotopic (exact) mass is 505 g/mol. The van der Waals surface area contributed by atoms with Crippen molar-refractivity contribution >= 4 is 28.5 Å². The van der Waals surface area contributed by atoms with E-state index in [1.165, 1.54) is 25.7 Å². The first-order valence-electron chi connectivity index (χ1n) is 11.0. The number of aromatic nitrogens is 6. The predicted octanol–water partition coefficient (Wildman–Crippen LogP) is 3.89. The van der Waals surface area contributed by atoms with Gasteiger partial charge in [-0.1, -0.05) is 35.9 Å². The molecule has 0 aliphatic rings. The molecule has 0 amide bonds. The fraction of sp³-hybridized carbons (Fsp3) is 0.160. The second-order valence-corrected chi connectivity index (χ2v) is 8.44. The summed E-state index contributed by atoms with van der Waals surface area (Å²) in [6, 6.07) is 12.7. The largest absolute Gasteiger partial charge is 0.494 e. The van der Waals surface area contributed by atoms with Gasteiger partial charge in [0.05, 0.1) is 25.6 Å². The zero-order chi connectivity index (χ0) is 25.1. The van der Waals surface area contributed by atoms with Crippen LogP contribution in [0.15, 0.2) is 72.2 Å². The summed E-state index contributed by atoms with van der Waals surface area (Å²) in [7, 11) is 1.40. The Bertz CT molecular complexity index is 1580. The standard InChI is InChI=1S/C25H21ClFN7O2/c1-36-21-8-7-20(26)18(22(21)27)11-29-23-19-14-34(32-24(19)31-15-30-23)13-17-5-3-16(4-6-17)12-33-10-2-9-28-25(33)35/h2-10,14-15H,11-13H2,1H3,(H,29,30,31,32). The molecule has 0 bridgehead atoms. The summed E-state index contributed by atoms with van der Waals surface area (Å²) in [5, 5.41) is 8.66. The molecule has 0 aliphatic heterocycles. The molecule has 3 heterocycles. The lowest BCUT2D eigenvalue weighted by atomic mass is 10.1. The van der Waals surface area contributed by atoms with E-state index in [0.717, 1.165) is 11.1 Å². The Labute approximate surface area is 210 Å². The van der Waals surface area contributed by atoms with E-state index in [2.05, 4.69) is 25.4 Å². The number of nitrogens with one attached hydrogen (secondary N) is 1. The van der Waals surface area contributed by atoms with E-state index >= 15 is 0 Å². The molecule has 1 N–H and O–H groups in total. The number of rotatable bonds is 8. The molecule has 5 rings (SSSR count). The van der Waals surface area contributed by atoms with Crippen LogP contribution in [0.3, 0.4) is 0 Å². The molecule has 3 aromatic heterocycles. The number of methoxy groups -OCH3 is 1. The highest BCUT2D eigenvalue weighted by molar-refractivity contribution is 6.31. The Morgan fingerprint density at radius 2 is 1.83 bits per heavy atom. The van der Waals surface area contributed by atoms with E-state index < -0.39 is 5.82 Å². The lowest BCUT2D eigenvalue weighted by Crippen LogP contribution is -2.21. The van der Waals surface area contributed by atoms with Gasteiger partial charge in [0.15, 0.2) is 17.2 Å². The van der Waals surface area contributed by atoms with Crippen molar-refractivity contribution in [3.05, 3.63) is 105 Å². The number of hydrogen-bond acceptors (Lipinski definition) is 7. The van der Waals surface area contributed by atoms with Gasteiger partial charge in [-0.25, -0.2) is 24.1 Å². The minimum Gasteiger partial charge on any atom is -0.494 e. The number of fused-ring (bicyclic) bond motifs is 1. The van der Waals surface area contributed by atoms with E-state index in [0.29, 0.717) is 35.0 Å². The third kappa shape index (κ3) is 4.89. The van der Waals surface area contributed by atoms with Gasteiger partial charge in [0.2, 0.25) is 0 Å². The second kappa shape index (κ2) is 10.1. The summed E-state index contributed by atoms with van der Waals surface area (Å²) >= 11 is 6.20. The molecular weight excluding hydrogens is 485 g/mol. The molecule has 0 saturated carbocycles. The first kappa shape index (κ1) is 23.4. The smallest absolute Gasteiger partial charge is 0.347 e. The normalized spacial score (nSPS) is 11.1. The summed E-state index contributed by atoms with van der Waals surface area (Å²) in [6.07, 6.45) is 6.43. The molecule has 36 heavy (non-hydrogen) atoms. The average Bonchev–Trinajstić information content (AvgIpc) is 3.30. The van der Waals surface area contributed by atoms with Gasteiger partial charge in [-0.05, 0) is 29.3 Å². The molecule has 0 spiro atoms. The van der Waals surface area contributed by atoms with E-state index in [-0.39, 0.29) is 23.5 Å². The first-order valence-corrected chi connectivity index (χ1v) is 11.4. The molecule has 0 fully saturated rings. The Morgan fingerprint density at radius 1 is 1.06 bits per heavy atom. The van der Waals surface area contributed by atoms with Crippen LogP contribution in [-0.4, -0.2) is 36.4 Å². The van der Waals surface area contributed by atoms with Crippen LogP contribution in [0.1, 0.15) is 16.7 Å². The van der Waals surface area contributed by atoms with Crippen LogP contribution in [0.4, 0.5) is 10.2 Å². The zero-order valence-corrected chi connectivity index (χ0v) is 20.0. The van der Waals surface area contributed by atoms with E-state index in [1.807, 2.05) is 30.5 Å². The Hall–Kier alpha value is -4.31. The van der Waals surface area contributed by atoms with Crippen LogP contribution in [0.5, 0.6) is 5.75 Å². The summed E-state index contributed by atoms with van der Waals surface area (Å²) in [5.74, 6) is 0.118. The number of benzene rings is 2. The third-order valence-corrected chi connectivity index (χ3v) is 6.02. The minimum absolute atomic E-state index is 0.112. The minimum atomic E-state index is -0.518. The zero-order valence-electron chi connectivity index (χ0n) is 19.2. The molecule has 11 heteroatoms. The molecule has 0 unspecified atom stereocenters. The fourth-order valence-corrected chi connectivity index (χ4v) is 4.03. The van der Waals surface area contributed by atoms with Crippen molar-refractivity contribution in [2.45, 2.75) is 19.6 Å². The van der Waals surface area contributed by atoms with Gasteiger partial charge in [0, 0.05) is 35.7 Å². The lowest BCUT2D eigenvalue weighted by molar-refractivity contribution is 0.384. The van der Waals surface area contributed by atoms with Gasteiger partial charge in [-0.15, -0.1) is 0 Å². The molecular formula is C25H21ClFN7O2. The first-order chi connectivity index (χ1) is 17.5. The number of ether oxygens (including phenoxy) is 1. The highest BCUT2D eigenvalue weighted by Gasteiger charge is 2.15. The summed E-state index contributed by atoms with van der Waals surface area (Å²) in [4.78, 5) is 24.1. The van der Waals surface area contributed by atoms with Gasteiger partial charge in [-0.2, -0.15) is 5.10 Å². The van der Waals surface area contributed by atoms with Crippen LogP contribution in [0, 0.1) is 5.82 Å². The van der Waals surface area contributed by atoms with Gasteiger partial charge in [-0.3, -0.25) is 9.25 Å². The summed E-state index contributed by atoms with van der Waals surface area (Å²) in [6.45, 7) is 1.07. The Kier molecular flexibility index (Phi) is 6.59. The SMILES string of the molecule is COc1ccc(Cl)c(CNc2ncnc3nn(Cc4ccc(Cn5cccnc5=O)cc4)cc23)c1F. The van der Waals surface area contributed by atoms with E-state index in [4.69, 9.17) is 16.3 Å². The van der Waals surface area contributed by atoms with Crippen LogP contribution >= 0.6 is 11.6 Å². The summed E-state index contributed by atoms with van der Waals surface area (Å²) < 4.78 is 23.0. The van der Waals surface area contributed by atoms with Crippen LogP contribution < -0.4 is 15.7 Å². The molecule has 0 atom stereocenters. The average molecular weight is 506 g/mol. The maximum absolute atomic E-state index is 14.6. The van der Waals surface area contributed by atoms with Crippen LogP contribution in [0.25, 0.3) is 11.0 Å². The number of hydrogen-bond donors (Lipinski definition) is 1. The highest BCUT2D eigenvalue weighted by atomic mass is 35.5. The van der Waals surface area contributed by atoms with Crippen molar-refractivity contribution in [3.63, 3.8) is 0 Å². The number of halogens is 2. The van der Waals surface area contributed by atoms with Crippen molar-refractivity contribution in [2.24, 2.45) is 0 Å². The van der Waals surface area contributed by atoms with Crippen molar-refractivity contribution in [1.82, 2.24) is 29.3 Å². The molecule has 9 nitrogen and oxygen atoms in total. The quantitative estimate of drug-likeness (QED) is 0.341. The number of nitrogens with zero attached hydrogens (tertiary/aromatic N) is 6. The predicted molar refractivity (Wildman–Crippen MR) is 134 cm³/mol. The van der Waals surface area contributed by atoms with Crippen LogP contribution in [0.2, 0.25) is 5.02 Å². The van der Waals surface area contributed by atoms with E-state index in [9.17, 15) is 9.18 Å². The second-order valence-electron chi connectivity index (χ2n) is 8.03. The van der Waals surface area contributed by atoms with Crippen molar-refractivity contribution in [3.8, 4) is 5.75 Å². The van der Waals surface area contributed by atoms with Gasteiger partial charge in [0.1, 0.15) is 12.1 Å². The van der Waals surface area contributed by atoms with Crippen molar-refractivity contribution in [1.29, 1.82) is 0 Å². The summed E-state index contributed by atoms with van der Waals surface area (Å²) in [5.41, 5.74) is 2.52. The molecule has 0 aliphatic carbocycles. The highest BCUT2D eigenvalue weighted by Crippen LogP contribution is 2.28. The Morgan fingerprint density at radius 3 is 2.58 bits per heavy atom. The van der Waals surface area contributed by atoms with E-state index in [1.54, 1.807) is 27.6 Å². The molecule has 5 aromatic rings. The van der Waals surface area contributed by atoms with Crippen LogP contribution in [-0.2, 0) is 19.6 Å². The topological polar surface area (TPSA) is 99.8 Å². The number of anilines is 1. The lowest BCUT2D eigenvalue weighted by Gasteiger charge is -2.11. The van der Waals surface area contributed by atoms with Gasteiger partial charge in [0.25, 0.3) is 0 Å². The maximum Gasteiger partial charge on any atom is 0.347 e. The van der Waals surface area contributed by atoms with Crippen molar-refractivity contribution < 1.29 is 9.13 Å². The van der Waals surface area contributed by atoms with Crippen molar-refractivity contribution in [2.75, 3.05) is 12.4 Å².